The third kappa shape index (κ3) is 11.3. The molecule has 106 valence electrons. The first-order valence-corrected chi connectivity index (χ1v) is 6.86. The fourth-order valence-electron chi connectivity index (χ4n) is 1.83. The highest BCUT2D eigenvalue weighted by Gasteiger charge is 2.06. The highest BCUT2D eigenvalue weighted by molar-refractivity contribution is 5.60. The van der Waals surface area contributed by atoms with E-state index in [9.17, 15) is 0 Å². The van der Waals surface area contributed by atoms with Crippen molar-refractivity contribution >= 4 is 5.97 Å². The van der Waals surface area contributed by atoms with Gasteiger partial charge in [0, 0.05) is 32.0 Å². The van der Waals surface area contributed by atoms with Gasteiger partial charge >= 0.3 is 0 Å². The number of carbonyl (C=O) groups is 1. The van der Waals surface area contributed by atoms with Crippen LogP contribution in [0.2, 0.25) is 0 Å². The minimum Gasteiger partial charge on any atom is -0.550 e. The molecule has 0 radical (unpaired) electrons. The third-order valence-electron chi connectivity index (χ3n) is 2.74. The normalized spacial score (nSPS) is 13.5. The molecule has 0 aromatic heterocycles. The van der Waals surface area contributed by atoms with Gasteiger partial charge in [-0.2, -0.15) is 0 Å². The van der Waals surface area contributed by atoms with Crippen molar-refractivity contribution in [3.8, 4) is 0 Å². The van der Waals surface area contributed by atoms with Gasteiger partial charge in [0.05, 0.1) is 6.67 Å². The summed E-state index contributed by atoms with van der Waals surface area (Å²) in [4.78, 5) is 13.5. The zero-order chi connectivity index (χ0) is 13.8. The molecular weight excluding hydrogens is 228 g/mol. The van der Waals surface area contributed by atoms with E-state index >= 15 is 0 Å². The zero-order valence-electron chi connectivity index (χ0n) is 12.0. The smallest absolute Gasteiger partial charge is 0.0890 e. The van der Waals surface area contributed by atoms with E-state index in [1.54, 1.807) is 0 Å². The number of hydrogen-bond donors (Lipinski definition) is 0. The van der Waals surface area contributed by atoms with Crippen LogP contribution in [0.1, 0.15) is 52.4 Å². The van der Waals surface area contributed by atoms with Crippen molar-refractivity contribution < 1.29 is 9.90 Å². The van der Waals surface area contributed by atoms with Crippen LogP contribution >= 0.6 is 0 Å². The van der Waals surface area contributed by atoms with Crippen LogP contribution in [-0.2, 0) is 4.79 Å². The highest BCUT2D eigenvalue weighted by Crippen LogP contribution is 2.08. The fourth-order valence-corrected chi connectivity index (χ4v) is 1.83. The van der Waals surface area contributed by atoms with E-state index < -0.39 is 5.97 Å². The molecule has 0 N–H and O–H groups in total. The van der Waals surface area contributed by atoms with Gasteiger partial charge in [-0.1, -0.05) is 39.0 Å². The van der Waals surface area contributed by atoms with E-state index in [0.717, 1.165) is 13.6 Å². The lowest BCUT2D eigenvalue weighted by Crippen LogP contribution is -2.23. The van der Waals surface area contributed by atoms with Crippen LogP contribution in [0.5, 0.6) is 0 Å². The van der Waals surface area contributed by atoms with Crippen LogP contribution in [0, 0.1) is 0 Å². The van der Waals surface area contributed by atoms with Crippen molar-refractivity contribution in [2.24, 2.45) is 0 Å². The van der Waals surface area contributed by atoms with E-state index in [-0.39, 0.29) is 0 Å². The second-order valence-corrected chi connectivity index (χ2v) is 4.77. The maximum Gasteiger partial charge on any atom is 0.0890 e. The topological polar surface area (TPSA) is 46.6 Å². The summed E-state index contributed by atoms with van der Waals surface area (Å²) in [6, 6.07) is 0. The Morgan fingerprint density at radius 1 is 1.17 bits per heavy atom. The van der Waals surface area contributed by atoms with Gasteiger partial charge in [0.15, 0.2) is 0 Å². The van der Waals surface area contributed by atoms with Crippen molar-refractivity contribution in [3.63, 3.8) is 0 Å². The standard InChI is InChI=1S/C12H24N2.C2H4O2/c1-3-4-5-6-7-8-9-14-11-10-13(2)12-14;1-2(3)4/h10-11H,3-9,12H2,1-2H3;1H3,(H,3,4)/p-1. The number of carbonyl (C=O) groups excluding carboxylic acids is 1. The van der Waals surface area contributed by atoms with Crippen LogP contribution in [0.15, 0.2) is 12.4 Å². The van der Waals surface area contributed by atoms with E-state index in [1.807, 2.05) is 0 Å². The maximum atomic E-state index is 8.89. The first-order chi connectivity index (χ1) is 8.56. The van der Waals surface area contributed by atoms with E-state index in [0.29, 0.717) is 0 Å². The van der Waals surface area contributed by atoms with Crippen molar-refractivity contribution in [2.45, 2.75) is 52.4 Å². The summed E-state index contributed by atoms with van der Waals surface area (Å²) in [5.74, 6) is -1.08. The van der Waals surface area contributed by atoms with Crippen LogP contribution in [0.4, 0.5) is 0 Å². The van der Waals surface area contributed by atoms with Crippen molar-refractivity contribution in [3.05, 3.63) is 12.4 Å². The molecule has 0 fully saturated rings. The number of nitrogens with zero attached hydrogens (tertiary/aromatic N) is 2. The molecule has 0 aliphatic carbocycles. The van der Waals surface area contributed by atoms with Crippen LogP contribution in [0.3, 0.4) is 0 Å². The average molecular weight is 255 g/mol. The molecule has 1 aliphatic rings. The molecule has 0 bridgehead atoms. The number of rotatable bonds is 7. The molecule has 1 aliphatic heterocycles. The summed E-state index contributed by atoms with van der Waals surface area (Å²) in [5, 5.41) is 8.89. The predicted octanol–water partition coefficient (Wildman–Crippen LogP) is 1.78. The van der Waals surface area contributed by atoms with Crippen LogP contribution in [0.25, 0.3) is 0 Å². The summed E-state index contributed by atoms with van der Waals surface area (Å²) < 4.78 is 0. The lowest BCUT2D eigenvalue weighted by molar-refractivity contribution is -0.302. The van der Waals surface area contributed by atoms with Gasteiger partial charge in [-0.15, -0.1) is 0 Å². The Hall–Kier alpha value is -1.19. The van der Waals surface area contributed by atoms with Crippen molar-refractivity contribution in [1.82, 2.24) is 9.80 Å². The average Bonchev–Trinajstić information content (AvgIpc) is 2.69. The number of carboxylic acids is 1. The molecule has 0 unspecified atom stereocenters. The summed E-state index contributed by atoms with van der Waals surface area (Å²) >= 11 is 0. The fraction of sp³-hybridized carbons (Fsp3) is 0.786. The minimum absolute atomic E-state index is 0.972. The number of aliphatic carboxylic acids is 1. The van der Waals surface area contributed by atoms with E-state index in [1.165, 1.54) is 45.1 Å². The molecule has 0 aromatic rings. The Bertz CT molecular complexity index is 238. The van der Waals surface area contributed by atoms with Crippen molar-refractivity contribution in [2.75, 3.05) is 20.3 Å². The monoisotopic (exact) mass is 255 g/mol. The third-order valence-corrected chi connectivity index (χ3v) is 2.74. The maximum absolute atomic E-state index is 8.89. The van der Waals surface area contributed by atoms with Crippen LogP contribution < -0.4 is 5.11 Å². The molecule has 1 rings (SSSR count). The Labute approximate surface area is 111 Å². The second-order valence-electron chi connectivity index (χ2n) is 4.77. The lowest BCUT2D eigenvalue weighted by atomic mass is 10.1. The van der Waals surface area contributed by atoms with Gasteiger partial charge in [0.2, 0.25) is 0 Å². The summed E-state index contributed by atoms with van der Waals surface area (Å²) in [7, 11) is 2.12. The number of carboxylic acid groups (broad SMARTS) is 1. The first kappa shape index (κ1) is 16.8. The second kappa shape index (κ2) is 10.9. The first-order valence-electron chi connectivity index (χ1n) is 6.86. The molecule has 0 amide bonds. The Kier molecular flexibility index (Phi) is 10.2. The number of unbranched alkanes of at least 4 members (excludes halogenated alkanes) is 5. The quantitative estimate of drug-likeness (QED) is 0.651. The molecule has 0 saturated carbocycles. The van der Waals surface area contributed by atoms with Gasteiger partial charge in [-0.05, 0) is 13.3 Å². The van der Waals surface area contributed by atoms with Crippen LogP contribution in [-0.4, -0.2) is 36.0 Å². The molecule has 0 spiro atoms. The van der Waals surface area contributed by atoms with Gasteiger partial charge in [-0.3, -0.25) is 0 Å². The van der Waals surface area contributed by atoms with E-state index in [4.69, 9.17) is 9.90 Å². The molecule has 4 nitrogen and oxygen atoms in total. The molecule has 1 heterocycles. The molecular formula is C14H27N2O2-. The highest BCUT2D eigenvalue weighted by atomic mass is 16.4. The van der Waals surface area contributed by atoms with E-state index in [2.05, 4.69) is 36.2 Å². The largest absolute Gasteiger partial charge is 0.550 e. The van der Waals surface area contributed by atoms with Gasteiger partial charge < -0.3 is 19.7 Å². The zero-order valence-corrected chi connectivity index (χ0v) is 12.0. The van der Waals surface area contributed by atoms with Gasteiger partial charge in [-0.25, -0.2) is 0 Å². The summed E-state index contributed by atoms with van der Waals surface area (Å²) in [6.07, 6.45) is 12.7. The molecule has 0 atom stereocenters. The molecule has 0 aromatic carbocycles. The predicted molar refractivity (Wildman–Crippen MR) is 72.5 cm³/mol. The summed E-state index contributed by atoms with van der Waals surface area (Å²) in [5.41, 5.74) is 0. The lowest BCUT2D eigenvalue weighted by Gasteiger charge is -2.17. The summed E-state index contributed by atoms with van der Waals surface area (Å²) in [6.45, 7) is 5.55. The van der Waals surface area contributed by atoms with Gasteiger partial charge in [0.1, 0.15) is 0 Å². The Balaban J connectivity index is 0.000000631. The molecule has 0 saturated heterocycles. The Morgan fingerprint density at radius 3 is 2.22 bits per heavy atom. The molecule has 4 heteroatoms. The van der Waals surface area contributed by atoms with Crippen molar-refractivity contribution in [1.29, 1.82) is 0 Å². The molecule has 18 heavy (non-hydrogen) atoms. The van der Waals surface area contributed by atoms with Gasteiger partial charge in [0.25, 0.3) is 0 Å². The number of hydrogen-bond acceptors (Lipinski definition) is 4. The minimum atomic E-state index is -1.08. The SMILES string of the molecule is CC(=O)[O-].CCCCCCCCN1C=CN(C)C1. The Morgan fingerprint density at radius 2 is 1.72 bits per heavy atom.